The molecule has 0 spiro atoms. The molecule has 0 heterocycles. The Balaban J connectivity index is 3.45. The highest BCUT2D eigenvalue weighted by atomic mass is 16.3. The summed E-state index contributed by atoms with van der Waals surface area (Å²) >= 11 is 0. The lowest BCUT2D eigenvalue weighted by molar-refractivity contribution is 0.255. The quantitative estimate of drug-likeness (QED) is 0.391. The first kappa shape index (κ1) is 21.0. The highest BCUT2D eigenvalue weighted by Crippen LogP contribution is 2.22. The molecule has 0 aromatic rings. The van der Waals surface area contributed by atoms with E-state index in [9.17, 15) is 0 Å². The van der Waals surface area contributed by atoms with Gasteiger partial charge in [-0.05, 0) is 30.1 Å². The number of aliphatic hydroxyl groups excluding tert-OH is 1. The van der Waals surface area contributed by atoms with Gasteiger partial charge in [0.1, 0.15) is 0 Å². The Hall–Kier alpha value is -0.0400. The van der Waals surface area contributed by atoms with Crippen molar-refractivity contribution in [1.82, 2.24) is 0 Å². The zero-order valence-electron chi connectivity index (χ0n) is 15.5. The Kier molecular flexibility index (Phi) is 13.6. The van der Waals surface area contributed by atoms with Gasteiger partial charge in [0.15, 0.2) is 0 Å². The van der Waals surface area contributed by atoms with Crippen LogP contribution in [0.1, 0.15) is 98.8 Å². The summed E-state index contributed by atoms with van der Waals surface area (Å²) in [7, 11) is 0. The number of hydrogen-bond acceptors (Lipinski definition) is 1. The molecule has 0 fully saturated rings. The predicted octanol–water partition coefficient (Wildman–Crippen LogP) is 6.44. The molecule has 21 heavy (non-hydrogen) atoms. The first-order valence-electron chi connectivity index (χ1n) is 9.56. The first-order chi connectivity index (χ1) is 9.95. The second-order valence-corrected chi connectivity index (χ2v) is 8.01. The molecule has 0 aliphatic heterocycles. The summed E-state index contributed by atoms with van der Waals surface area (Å²) in [6.45, 7) is 12.1. The topological polar surface area (TPSA) is 20.2 Å². The second-order valence-electron chi connectivity index (χ2n) is 8.01. The smallest absolute Gasteiger partial charge is 0.0433 e. The van der Waals surface area contributed by atoms with Gasteiger partial charge in [0.25, 0.3) is 0 Å². The fourth-order valence-electron chi connectivity index (χ4n) is 3.16. The van der Waals surface area contributed by atoms with Crippen molar-refractivity contribution in [2.75, 3.05) is 6.61 Å². The van der Waals surface area contributed by atoms with Gasteiger partial charge in [-0.3, -0.25) is 0 Å². The molecule has 0 saturated carbocycles. The van der Waals surface area contributed by atoms with Gasteiger partial charge in [0.2, 0.25) is 0 Å². The molecular formula is C20H42O. The summed E-state index contributed by atoms with van der Waals surface area (Å²) < 4.78 is 0. The van der Waals surface area contributed by atoms with Crippen molar-refractivity contribution in [2.45, 2.75) is 98.8 Å². The van der Waals surface area contributed by atoms with Gasteiger partial charge in [-0.15, -0.1) is 0 Å². The number of aliphatic hydroxyl groups is 1. The lowest BCUT2D eigenvalue weighted by Crippen LogP contribution is -2.02. The molecule has 3 atom stereocenters. The average molecular weight is 299 g/mol. The van der Waals surface area contributed by atoms with Gasteiger partial charge in [-0.25, -0.2) is 0 Å². The molecule has 1 N–H and O–H groups in total. The maximum absolute atomic E-state index is 8.91. The Bertz CT molecular complexity index is 212. The average Bonchev–Trinajstić information content (AvgIpc) is 2.38. The summed E-state index contributed by atoms with van der Waals surface area (Å²) in [5.74, 6) is 3.36. The summed E-state index contributed by atoms with van der Waals surface area (Å²) in [6, 6.07) is 0. The van der Waals surface area contributed by atoms with E-state index in [1.807, 2.05) is 0 Å². The van der Waals surface area contributed by atoms with E-state index >= 15 is 0 Å². The van der Waals surface area contributed by atoms with Gasteiger partial charge in [0.05, 0.1) is 0 Å². The number of hydrogen-bond donors (Lipinski definition) is 1. The van der Waals surface area contributed by atoms with Crippen molar-refractivity contribution in [3.63, 3.8) is 0 Å². The minimum absolute atomic E-state index is 0.353. The third kappa shape index (κ3) is 14.7. The van der Waals surface area contributed by atoms with Crippen LogP contribution in [0.2, 0.25) is 0 Å². The van der Waals surface area contributed by atoms with E-state index < -0.39 is 0 Å². The van der Waals surface area contributed by atoms with E-state index in [-0.39, 0.29) is 0 Å². The Labute approximate surface area is 134 Å². The third-order valence-corrected chi connectivity index (χ3v) is 4.89. The van der Waals surface area contributed by atoms with Crippen molar-refractivity contribution in [3.8, 4) is 0 Å². The lowest BCUT2D eigenvalue weighted by atomic mass is 9.91. The molecule has 0 amide bonds. The molecule has 0 aromatic heterocycles. The molecule has 1 heteroatoms. The van der Waals surface area contributed by atoms with Crippen LogP contribution in [0.3, 0.4) is 0 Å². The molecule has 0 radical (unpaired) electrons. The Morgan fingerprint density at radius 3 is 1.19 bits per heavy atom. The van der Waals surface area contributed by atoms with Crippen molar-refractivity contribution in [2.24, 2.45) is 23.7 Å². The molecular weight excluding hydrogens is 256 g/mol. The van der Waals surface area contributed by atoms with Crippen LogP contribution < -0.4 is 0 Å². The van der Waals surface area contributed by atoms with Gasteiger partial charge in [-0.1, -0.05) is 92.4 Å². The molecule has 0 bridgehead atoms. The third-order valence-electron chi connectivity index (χ3n) is 4.89. The zero-order chi connectivity index (χ0) is 16.1. The van der Waals surface area contributed by atoms with Crippen LogP contribution in [0.25, 0.3) is 0 Å². The highest BCUT2D eigenvalue weighted by molar-refractivity contribution is 4.60. The SMILES string of the molecule is CC(C)CCC[C@H](C)CCC[C@@H](C)CCC[C@@H](C)CCO. The van der Waals surface area contributed by atoms with Gasteiger partial charge in [-0.2, -0.15) is 0 Å². The summed E-state index contributed by atoms with van der Waals surface area (Å²) in [5.41, 5.74) is 0. The predicted molar refractivity (Wildman–Crippen MR) is 95.6 cm³/mol. The van der Waals surface area contributed by atoms with Crippen LogP contribution >= 0.6 is 0 Å². The highest BCUT2D eigenvalue weighted by Gasteiger charge is 2.07. The Morgan fingerprint density at radius 1 is 0.524 bits per heavy atom. The van der Waals surface area contributed by atoms with Gasteiger partial charge in [0, 0.05) is 6.61 Å². The molecule has 128 valence electrons. The van der Waals surface area contributed by atoms with Crippen molar-refractivity contribution in [1.29, 1.82) is 0 Å². The van der Waals surface area contributed by atoms with Crippen LogP contribution in [0, 0.1) is 23.7 Å². The van der Waals surface area contributed by atoms with E-state index in [1.54, 1.807) is 0 Å². The minimum Gasteiger partial charge on any atom is -0.396 e. The largest absolute Gasteiger partial charge is 0.396 e. The summed E-state index contributed by atoms with van der Waals surface area (Å²) in [4.78, 5) is 0. The van der Waals surface area contributed by atoms with Crippen molar-refractivity contribution < 1.29 is 5.11 Å². The van der Waals surface area contributed by atoms with Crippen molar-refractivity contribution in [3.05, 3.63) is 0 Å². The maximum atomic E-state index is 8.91. The zero-order valence-corrected chi connectivity index (χ0v) is 15.5. The maximum Gasteiger partial charge on any atom is 0.0433 e. The lowest BCUT2D eigenvalue weighted by Gasteiger charge is -2.16. The van der Waals surface area contributed by atoms with E-state index in [2.05, 4.69) is 34.6 Å². The van der Waals surface area contributed by atoms with Crippen LogP contribution in [0.4, 0.5) is 0 Å². The van der Waals surface area contributed by atoms with Crippen LogP contribution in [-0.4, -0.2) is 11.7 Å². The molecule has 0 aromatic carbocycles. The van der Waals surface area contributed by atoms with Gasteiger partial charge >= 0.3 is 0 Å². The molecule has 0 rings (SSSR count). The Morgan fingerprint density at radius 2 is 0.857 bits per heavy atom. The second kappa shape index (κ2) is 13.6. The fraction of sp³-hybridized carbons (Fsp3) is 1.00. The van der Waals surface area contributed by atoms with Crippen LogP contribution in [-0.2, 0) is 0 Å². The van der Waals surface area contributed by atoms with E-state index in [0.29, 0.717) is 12.5 Å². The molecule has 1 nitrogen and oxygen atoms in total. The van der Waals surface area contributed by atoms with E-state index in [1.165, 1.54) is 57.8 Å². The summed E-state index contributed by atoms with van der Waals surface area (Å²) in [5, 5.41) is 8.91. The monoisotopic (exact) mass is 298 g/mol. The van der Waals surface area contributed by atoms with Crippen LogP contribution in [0.5, 0.6) is 0 Å². The fourth-order valence-corrected chi connectivity index (χ4v) is 3.16. The molecule has 0 unspecified atom stereocenters. The molecule has 0 saturated heterocycles. The molecule has 0 aliphatic carbocycles. The van der Waals surface area contributed by atoms with Crippen LogP contribution in [0.15, 0.2) is 0 Å². The van der Waals surface area contributed by atoms with E-state index in [0.717, 1.165) is 24.2 Å². The normalized spacial score (nSPS) is 16.1. The van der Waals surface area contributed by atoms with Gasteiger partial charge < -0.3 is 5.11 Å². The minimum atomic E-state index is 0.353. The van der Waals surface area contributed by atoms with Crippen molar-refractivity contribution >= 4 is 0 Å². The summed E-state index contributed by atoms with van der Waals surface area (Å²) in [6.07, 6.45) is 13.4. The number of rotatable bonds is 14. The first-order valence-corrected chi connectivity index (χ1v) is 9.56. The van der Waals surface area contributed by atoms with E-state index in [4.69, 9.17) is 5.11 Å². The molecule has 0 aliphatic rings. The standard InChI is InChI=1S/C20H42O/c1-17(2)9-6-10-18(3)11-7-12-19(4)13-8-14-20(5)15-16-21/h17-21H,6-16H2,1-5H3/t18-,19+,20+/m0/s1.